The maximum Gasteiger partial charge on any atom is 0.249 e. The highest BCUT2D eigenvalue weighted by atomic mass is 16.5. The number of H-pyrrole nitrogens is 1. The molecule has 1 unspecified atom stereocenters. The van der Waals surface area contributed by atoms with Crippen molar-refractivity contribution in [2.75, 3.05) is 6.61 Å². The van der Waals surface area contributed by atoms with Gasteiger partial charge in [0.2, 0.25) is 5.91 Å². The molecule has 1 aromatic heterocycles. The molecule has 2 rings (SSSR count). The number of ether oxygens (including phenoxy) is 1. The van der Waals surface area contributed by atoms with Crippen molar-refractivity contribution in [1.82, 2.24) is 15.5 Å². The van der Waals surface area contributed by atoms with E-state index in [1.54, 1.807) is 6.20 Å². The van der Waals surface area contributed by atoms with Crippen LogP contribution in [-0.4, -0.2) is 28.8 Å². The van der Waals surface area contributed by atoms with Gasteiger partial charge >= 0.3 is 0 Å². The number of aromatic nitrogens is 2. The number of hydrogen-bond acceptors (Lipinski definition) is 3. The number of aromatic amines is 1. The van der Waals surface area contributed by atoms with E-state index in [9.17, 15) is 4.79 Å². The van der Waals surface area contributed by atoms with Crippen molar-refractivity contribution in [1.29, 1.82) is 0 Å². The molecule has 1 amide bonds. The van der Waals surface area contributed by atoms with E-state index in [1.807, 2.05) is 6.07 Å². The maximum absolute atomic E-state index is 11.6. The molecule has 5 nitrogen and oxygen atoms in total. The predicted molar refractivity (Wildman–Crippen MR) is 54.0 cm³/mol. The summed E-state index contributed by atoms with van der Waals surface area (Å²) < 4.78 is 5.37. The summed E-state index contributed by atoms with van der Waals surface area (Å²) in [6.45, 7) is 1.18. The van der Waals surface area contributed by atoms with Crippen molar-refractivity contribution in [3.8, 4) is 0 Å². The van der Waals surface area contributed by atoms with Crippen LogP contribution in [0.2, 0.25) is 0 Å². The molecular formula is C10H15N3O2. The summed E-state index contributed by atoms with van der Waals surface area (Å²) in [7, 11) is 0. The molecule has 1 saturated heterocycles. The van der Waals surface area contributed by atoms with E-state index >= 15 is 0 Å². The normalized spacial score (nSPS) is 21.2. The molecule has 5 heteroatoms. The lowest BCUT2D eigenvalue weighted by Crippen LogP contribution is -2.38. The summed E-state index contributed by atoms with van der Waals surface area (Å²) in [4.78, 5) is 11.6. The third-order valence-corrected chi connectivity index (χ3v) is 2.48. The van der Waals surface area contributed by atoms with Crippen LogP contribution in [0.5, 0.6) is 0 Å². The first-order valence-electron chi connectivity index (χ1n) is 5.24. The molecule has 0 spiro atoms. The van der Waals surface area contributed by atoms with E-state index in [-0.39, 0.29) is 12.0 Å². The third-order valence-electron chi connectivity index (χ3n) is 2.48. The highest BCUT2D eigenvalue weighted by Crippen LogP contribution is 2.12. The molecule has 0 radical (unpaired) electrons. The van der Waals surface area contributed by atoms with Gasteiger partial charge in [-0.1, -0.05) is 0 Å². The Morgan fingerprint density at radius 2 is 2.60 bits per heavy atom. The topological polar surface area (TPSA) is 67.0 Å². The smallest absolute Gasteiger partial charge is 0.249 e. The van der Waals surface area contributed by atoms with Gasteiger partial charge < -0.3 is 10.1 Å². The Labute approximate surface area is 88.2 Å². The minimum absolute atomic E-state index is 0.0238. The number of rotatable bonds is 3. The zero-order valence-corrected chi connectivity index (χ0v) is 8.53. The van der Waals surface area contributed by atoms with Crippen LogP contribution < -0.4 is 5.32 Å². The molecule has 82 valence electrons. The van der Waals surface area contributed by atoms with Crippen molar-refractivity contribution in [2.45, 2.75) is 31.9 Å². The zero-order chi connectivity index (χ0) is 10.5. The van der Waals surface area contributed by atoms with Gasteiger partial charge in [-0.15, -0.1) is 0 Å². The highest BCUT2D eigenvalue weighted by molar-refractivity contribution is 5.80. The Balaban J connectivity index is 1.76. The fourth-order valence-corrected chi connectivity index (χ4v) is 1.63. The average molecular weight is 209 g/mol. The van der Waals surface area contributed by atoms with Gasteiger partial charge in [0, 0.05) is 12.8 Å². The summed E-state index contributed by atoms with van der Waals surface area (Å²) in [5, 5.41) is 9.41. The fraction of sp³-hybridized carbons (Fsp3) is 0.600. The van der Waals surface area contributed by atoms with Gasteiger partial charge in [0.1, 0.15) is 6.10 Å². The van der Waals surface area contributed by atoms with Crippen LogP contribution in [0.15, 0.2) is 12.3 Å². The van der Waals surface area contributed by atoms with Gasteiger partial charge in [-0.3, -0.25) is 9.89 Å². The summed E-state index contributed by atoms with van der Waals surface area (Å²) in [6, 6.07) is 1.84. The molecule has 15 heavy (non-hydrogen) atoms. The molecular weight excluding hydrogens is 194 g/mol. The number of nitrogens with one attached hydrogen (secondary N) is 2. The second kappa shape index (κ2) is 4.93. The largest absolute Gasteiger partial charge is 0.368 e. The summed E-state index contributed by atoms with van der Waals surface area (Å²) in [6.07, 6.45) is 4.36. The molecule has 0 bridgehead atoms. The first-order valence-corrected chi connectivity index (χ1v) is 5.24. The number of hydrogen-bond donors (Lipinski definition) is 2. The van der Waals surface area contributed by atoms with Crippen LogP contribution in [-0.2, 0) is 16.1 Å². The van der Waals surface area contributed by atoms with Crippen LogP contribution in [0.1, 0.15) is 25.0 Å². The summed E-state index contributed by atoms with van der Waals surface area (Å²) >= 11 is 0. The molecule has 1 aliphatic rings. The Kier molecular flexibility index (Phi) is 3.34. The predicted octanol–water partition coefficient (Wildman–Crippen LogP) is 0.595. The third kappa shape index (κ3) is 2.79. The van der Waals surface area contributed by atoms with Crippen molar-refractivity contribution < 1.29 is 9.53 Å². The second-order valence-electron chi connectivity index (χ2n) is 3.65. The van der Waals surface area contributed by atoms with Crippen molar-refractivity contribution in [3.63, 3.8) is 0 Å². The molecule has 1 aliphatic heterocycles. The Morgan fingerprint density at radius 3 is 3.27 bits per heavy atom. The molecule has 2 heterocycles. The lowest BCUT2D eigenvalue weighted by atomic mass is 10.1. The Bertz CT molecular complexity index is 304. The first kappa shape index (κ1) is 10.2. The maximum atomic E-state index is 11.6. The first-order chi connectivity index (χ1) is 7.36. The van der Waals surface area contributed by atoms with E-state index in [0.29, 0.717) is 13.2 Å². The van der Waals surface area contributed by atoms with Gasteiger partial charge in [-0.2, -0.15) is 5.10 Å². The van der Waals surface area contributed by atoms with E-state index in [4.69, 9.17) is 4.74 Å². The van der Waals surface area contributed by atoms with Gasteiger partial charge in [-0.05, 0) is 25.3 Å². The molecule has 0 aliphatic carbocycles. The number of nitrogens with zero attached hydrogens (tertiary/aromatic N) is 1. The van der Waals surface area contributed by atoms with Gasteiger partial charge in [-0.25, -0.2) is 0 Å². The lowest BCUT2D eigenvalue weighted by Gasteiger charge is -2.21. The van der Waals surface area contributed by atoms with Crippen LogP contribution >= 0.6 is 0 Å². The summed E-state index contributed by atoms with van der Waals surface area (Å²) in [5.41, 5.74) is 0.902. The minimum atomic E-state index is -0.262. The quantitative estimate of drug-likeness (QED) is 0.765. The van der Waals surface area contributed by atoms with Gasteiger partial charge in [0.05, 0.1) is 12.2 Å². The van der Waals surface area contributed by atoms with Crippen LogP contribution in [0.25, 0.3) is 0 Å². The lowest BCUT2D eigenvalue weighted by molar-refractivity contribution is -0.135. The monoisotopic (exact) mass is 209 g/mol. The average Bonchev–Trinajstić information content (AvgIpc) is 2.80. The molecule has 2 N–H and O–H groups in total. The van der Waals surface area contributed by atoms with Crippen molar-refractivity contribution in [2.24, 2.45) is 0 Å². The minimum Gasteiger partial charge on any atom is -0.368 e. The molecule has 1 fully saturated rings. The van der Waals surface area contributed by atoms with Crippen molar-refractivity contribution in [3.05, 3.63) is 18.0 Å². The zero-order valence-electron chi connectivity index (χ0n) is 8.53. The molecule has 1 aromatic rings. The van der Waals surface area contributed by atoms with Gasteiger partial charge in [0.25, 0.3) is 0 Å². The second-order valence-corrected chi connectivity index (χ2v) is 3.65. The van der Waals surface area contributed by atoms with Gasteiger partial charge in [0.15, 0.2) is 0 Å². The number of amides is 1. The molecule has 0 saturated carbocycles. The Hall–Kier alpha value is -1.36. The SMILES string of the molecule is O=C(NCc1ccn[nH]1)C1CCCCO1. The van der Waals surface area contributed by atoms with Crippen LogP contribution in [0.4, 0.5) is 0 Å². The number of carbonyl (C=O) groups is 1. The van der Waals surface area contributed by atoms with Crippen LogP contribution in [0.3, 0.4) is 0 Å². The number of carbonyl (C=O) groups excluding carboxylic acids is 1. The van der Waals surface area contributed by atoms with E-state index in [2.05, 4.69) is 15.5 Å². The van der Waals surface area contributed by atoms with E-state index in [0.717, 1.165) is 25.0 Å². The van der Waals surface area contributed by atoms with E-state index in [1.165, 1.54) is 0 Å². The summed E-state index contributed by atoms with van der Waals surface area (Å²) in [5.74, 6) is -0.0238. The van der Waals surface area contributed by atoms with E-state index < -0.39 is 0 Å². The molecule has 0 aromatic carbocycles. The Morgan fingerprint density at radius 1 is 1.67 bits per heavy atom. The standard InChI is InChI=1S/C10H15N3O2/c14-10(9-3-1-2-6-15-9)11-7-8-4-5-12-13-8/h4-5,9H,1-3,6-7H2,(H,11,14)(H,12,13). The molecule has 1 atom stereocenters. The highest BCUT2D eigenvalue weighted by Gasteiger charge is 2.21. The fourth-order valence-electron chi connectivity index (χ4n) is 1.63. The van der Waals surface area contributed by atoms with Crippen LogP contribution in [0, 0.1) is 0 Å². The van der Waals surface area contributed by atoms with Crippen molar-refractivity contribution >= 4 is 5.91 Å².